The molecule has 0 spiro atoms. The van der Waals surface area contributed by atoms with Crippen LogP contribution >= 0.6 is 11.3 Å². The van der Waals surface area contributed by atoms with Crippen LogP contribution in [0.15, 0.2) is 48.0 Å². The van der Waals surface area contributed by atoms with E-state index in [0.29, 0.717) is 12.3 Å². The molecular formula is C14H12N2O2S. The number of fused-ring (bicyclic) bond motifs is 1. The van der Waals surface area contributed by atoms with Crippen molar-refractivity contribution in [2.24, 2.45) is 0 Å². The number of pyridine rings is 1. The molecule has 5 heteroatoms. The molecule has 96 valence electrons. The standard InChI is InChI=1S/C14H12N2O2S/c17-14(18-8-6-12-5-3-9-19-12)13-10-11-4-1-2-7-16(11)15-13/h1-5,7,9-10H,6,8H2. The maximum atomic E-state index is 11.8. The summed E-state index contributed by atoms with van der Waals surface area (Å²) >= 11 is 1.66. The summed E-state index contributed by atoms with van der Waals surface area (Å²) in [5.74, 6) is -0.375. The van der Waals surface area contributed by atoms with Gasteiger partial charge >= 0.3 is 5.97 Å². The Balaban J connectivity index is 1.63. The van der Waals surface area contributed by atoms with Crippen LogP contribution in [0.25, 0.3) is 5.52 Å². The number of carbonyl (C=O) groups is 1. The predicted molar refractivity (Wildman–Crippen MR) is 73.5 cm³/mol. The van der Waals surface area contributed by atoms with Crippen LogP contribution in [0.5, 0.6) is 0 Å². The van der Waals surface area contributed by atoms with Crippen LogP contribution in [-0.2, 0) is 11.2 Å². The van der Waals surface area contributed by atoms with Gasteiger partial charge in [0, 0.05) is 17.5 Å². The lowest BCUT2D eigenvalue weighted by atomic mass is 10.3. The molecule has 0 radical (unpaired) electrons. The van der Waals surface area contributed by atoms with Gasteiger partial charge in [0.2, 0.25) is 0 Å². The average Bonchev–Trinajstić information content (AvgIpc) is 3.07. The van der Waals surface area contributed by atoms with Crippen molar-refractivity contribution >= 4 is 22.8 Å². The molecule has 3 heterocycles. The highest BCUT2D eigenvalue weighted by Crippen LogP contribution is 2.10. The zero-order valence-electron chi connectivity index (χ0n) is 10.2. The molecule has 0 aliphatic carbocycles. The van der Waals surface area contributed by atoms with E-state index in [1.54, 1.807) is 28.1 Å². The molecule has 0 aliphatic rings. The summed E-state index contributed by atoms with van der Waals surface area (Å²) in [5, 5.41) is 6.19. The molecule has 0 aromatic carbocycles. The van der Waals surface area contributed by atoms with Gasteiger partial charge in [-0.05, 0) is 29.6 Å². The minimum atomic E-state index is -0.375. The van der Waals surface area contributed by atoms with Crippen molar-refractivity contribution in [3.05, 3.63) is 58.5 Å². The highest BCUT2D eigenvalue weighted by Gasteiger charge is 2.11. The fraction of sp³-hybridized carbons (Fsp3) is 0.143. The summed E-state index contributed by atoms with van der Waals surface area (Å²) in [6, 6.07) is 11.4. The van der Waals surface area contributed by atoms with Crippen LogP contribution in [0.3, 0.4) is 0 Å². The van der Waals surface area contributed by atoms with Crippen LogP contribution in [0.2, 0.25) is 0 Å². The Bertz CT molecular complexity index is 655. The molecule has 19 heavy (non-hydrogen) atoms. The van der Waals surface area contributed by atoms with Crippen LogP contribution in [0, 0.1) is 0 Å². The third-order valence-electron chi connectivity index (χ3n) is 2.74. The molecule has 0 saturated heterocycles. The van der Waals surface area contributed by atoms with Gasteiger partial charge in [0.15, 0.2) is 5.69 Å². The lowest BCUT2D eigenvalue weighted by Gasteiger charge is -2.00. The number of hydrogen-bond acceptors (Lipinski definition) is 4. The van der Waals surface area contributed by atoms with Crippen molar-refractivity contribution in [1.82, 2.24) is 9.61 Å². The summed E-state index contributed by atoms with van der Waals surface area (Å²) in [4.78, 5) is 13.1. The number of aromatic nitrogens is 2. The Morgan fingerprint density at radius 2 is 2.26 bits per heavy atom. The number of nitrogens with zero attached hydrogens (tertiary/aromatic N) is 2. The molecule has 4 nitrogen and oxygen atoms in total. The second kappa shape index (κ2) is 5.24. The van der Waals surface area contributed by atoms with Gasteiger partial charge < -0.3 is 4.74 Å². The van der Waals surface area contributed by atoms with Gasteiger partial charge in [0.25, 0.3) is 0 Å². The number of esters is 1. The number of ether oxygens (including phenoxy) is 1. The highest BCUT2D eigenvalue weighted by molar-refractivity contribution is 7.09. The molecule has 0 bridgehead atoms. The monoisotopic (exact) mass is 272 g/mol. The number of thiophene rings is 1. The average molecular weight is 272 g/mol. The summed E-state index contributed by atoms with van der Waals surface area (Å²) < 4.78 is 6.89. The number of hydrogen-bond donors (Lipinski definition) is 0. The molecule has 3 aromatic heterocycles. The van der Waals surface area contributed by atoms with Crippen molar-refractivity contribution in [1.29, 1.82) is 0 Å². The summed E-state index contributed by atoms with van der Waals surface area (Å²) in [5.41, 5.74) is 1.23. The lowest BCUT2D eigenvalue weighted by Crippen LogP contribution is -2.08. The first-order valence-corrected chi connectivity index (χ1v) is 6.85. The highest BCUT2D eigenvalue weighted by atomic mass is 32.1. The van der Waals surface area contributed by atoms with Gasteiger partial charge in [-0.1, -0.05) is 12.1 Å². The van der Waals surface area contributed by atoms with Gasteiger partial charge in [0.05, 0.1) is 12.1 Å². The third kappa shape index (κ3) is 2.66. The largest absolute Gasteiger partial charge is 0.461 e. The van der Waals surface area contributed by atoms with E-state index in [-0.39, 0.29) is 5.97 Å². The van der Waals surface area contributed by atoms with Gasteiger partial charge in [-0.2, -0.15) is 5.10 Å². The smallest absolute Gasteiger partial charge is 0.358 e. The molecule has 3 aromatic rings. The second-order valence-electron chi connectivity index (χ2n) is 4.06. The normalized spacial score (nSPS) is 10.7. The van der Waals surface area contributed by atoms with Gasteiger partial charge in [0.1, 0.15) is 0 Å². The predicted octanol–water partition coefficient (Wildman–Crippen LogP) is 2.80. The van der Waals surface area contributed by atoms with E-state index in [9.17, 15) is 4.79 Å². The SMILES string of the molecule is O=C(OCCc1cccs1)c1cc2ccccn2n1. The topological polar surface area (TPSA) is 43.6 Å². The zero-order valence-corrected chi connectivity index (χ0v) is 11.0. The maximum Gasteiger partial charge on any atom is 0.358 e. The van der Waals surface area contributed by atoms with E-state index in [4.69, 9.17) is 4.74 Å². The summed E-state index contributed by atoms with van der Waals surface area (Å²) in [7, 11) is 0. The van der Waals surface area contributed by atoms with Gasteiger partial charge in [-0.3, -0.25) is 0 Å². The molecule has 0 aliphatic heterocycles. The fourth-order valence-corrected chi connectivity index (χ4v) is 2.50. The van der Waals surface area contributed by atoms with Crippen LogP contribution in [-0.4, -0.2) is 22.2 Å². The molecular weight excluding hydrogens is 260 g/mol. The number of rotatable bonds is 4. The van der Waals surface area contributed by atoms with Crippen molar-refractivity contribution in [3.8, 4) is 0 Å². The Morgan fingerprint density at radius 1 is 1.32 bits per heavy atom. The Morgan fingerprint density at radius 3 is 3.05 bits per heavy atom. The van der Waals surface area contributed by atoms with Crippen LogP contribution in [0.4, 0.5) is 0 Å². The molecule has 3 rings (SSSR count). The maximum absolute atomic E-state index is 11.8. The van der Waals surface area contributed by atoms with E-state index in [1.807, 2.05) is 35.7 Å². The first-order chi connectivity index (χ1) is 9.33. The fourth-order valence-electron chi connectivity index (χ4n) is 1.81. The number of carbonyl (C=O) groups excluding carboxylic acids is 1. The van der Waals surface area contributed by atoms with E-state index in [1.165, 1.54) is 4.88 Å². The summed E-state index contributed by atoms with van der Waals surface area (Å²) in [6.07, 6.45) is 2.55. The lowest BCUT2D eigenvalue weighted by molar-refractivity contribution is 0.0502. The first kappa shape index (κ1) is 11.9. The van der Waals surface area contributed by atoms with Gasteiger partial charge in [-0.15, -0.1) is 11.3 Å². The van der Waals surface area contributed by atoms with E-state index in [2.05, 4.69) is 5.10 Å². The van der Waals surface area contributed by atoms with E-state index >= 15 is 0 Å². The molecule has 0 fully saturated rings. The second-order valence-corrected chi connectivity index (χ2v) is 5.10. The molecule has 0 amide bonds. The zero-order chi connectivity index (χ0) is 13.1. The minimum Gasteiger partial charge on any atom is -0.461 e. The quantitative estimate of drug-likeness (QED) is 0.686. The Hall–Kier alpha value is -2.14. The molecule has 0 saturated carbocycles. The van der Waals surface area contributed by atoms with Crippen molar-refractivity contribution < 1.29 is 9.53 Å². The summed E-state index contributed by atoms with van der Waals surface area (Å²) in [6.45, 7) is 0.382. The van der Waals surface area contributed by atoms with Crippen molar-refractivity contribution in [2.45, 2.75) is 6.42 Å². The van der Waals surface area contributed by atoms with Crippen LogP contribution < -0.4 is 0 Å². The molecule has 0 unspecified atom stereocenters. The molecule has 0 N–H and O–H groups in total. The van der Waals surface area contributed by atoms with Crippen molar-refractivity contribution in [3.63, 3.8) is 0 Å². The Kier molecular flexibility index (Phi) is 3.29. The minimum absolute atomic E-state index is 0.345. The third-order valence-corrected chi connectivity index (χ3v) is 3.68. The first-order valence-electron chi connectivity index (χ1n) is 5.97. The van der Waals surface area contributed by atoms with E-state index in [0.717, 1.165) is 11.9 Å². The Labute approximate surface area is 114 Å². The van der Waals surface area contributed by atoms with E-state index < -0.39 is 0 Å². The van der Waals surface area contributed by atoms with Gasteiger partial charge in [-0.25, -0.2) is 9.31 Å². The molecule has 0 atom stereocenters. The van der Waals surface area contributed by atoms with Crippen LogP contribution in [0.1, 0.15) is 15.4 Å². The van der Waals surface area contributed by atoms with Crippen molar-refractivity contribution in [2.75, 3.05) is 6.61 Å².